The van der Waals surface area contributed by atoms with Gasteiger partial charge in [0.1, 0.15) is 0 Å². The largest absolute Gasteiger partial charge is 0.391 e. The van der Waals surface area contributed by atoms with Crippen LogP contribution in [0.15, 0.2) is 12.1 Å². The van der Waals surface area contributed by atoms with Crippen LogP contribution in [0.25, 0.3) is 0 Å². The summed E-state index contributed by atoms with van der Waals surface area (Å²) in [6.45, 7) is 6.04. The standard InChI is InChI=1S/C5H7NS.C2H6/c1-4-2-3-5(6)7-4;1-2/h2-3H,6H2,1H3;1-2H3. The van der Waals surface area contributed by atoms with Gasteiger partial charge in [-0.2, -0.15) is 0 Å². The van der Waals surface area contributed by atoms with Gasteiger partial charge in [0, 0.05) is 4.88 Å². The molecule has 0 aromatic carbocycles. The van der Waals surface area contributed by atoms with E-state index in [4.69, 9.17) is 5.73 Å². The van der Waals surface area contributed by atoms with Crippen LogP contribution in [0.3, 0.4) is 0 Å². The van der Waals surface area contributed by atoms with E-state index >= 15 is 0 Å². The number of aryl methyl sites for hydroxylation is 1. The zero-order valence-electron chi connectivity index (χ0n) is 6.14. The Bertz CT molecular complexity index is 141. The van der Waals surface area contributed by atoms with Gasteiger partial charge in [-0.05, 0) is 19.1 Å². The highest BCUT2D eigenvalue weighted by Gasteiger charge is 1.85. The van der Waals surface area contributed by atoms with Crippen molar-refractivity contribution in [1.29, 1.82) is 0 Å². The van der Waals surface area contributed by atoms with Gasteiger partial charge in [-0.3, -0.25) is 0 Å². The molecule has 0 bridgehead atoms. The van der Waals surface area contributed by atoms with Crippen LogP contribution >= 0.6 is 11.3 Å². The first-order chi connectivity index (χ1) is 4.29. The van der Waals surface area contributed by atoms with Gasteiger partial charge in [0.05, 0.1) is 5.00 Å². The third-order valence-electron chi connectivity index (χ3n) is 0.761. The first-order valence-corrected chi connectivity index (χ1v) is 3.92. The summed E-state index contributed by atoms with van der Waals surface area (Å²) in [5, 5.41) is 0.900. The van der Waals surface area contributed by atoms with Crippen LogP contribution in [0.5, 0.6) is 0 Å². The minimum absolute atomic E-state index is 0.900. The maximum atomic E-state index is 5.40. The van der Waals surface area contributed by atoms with Crippen LogP contribution in [-0.4, -0.2) is 0 Å². The molecule has 2 heteroatoms. The lowest BCUT2D eigenvalue weighted by molar-refractivity contribution is 1.50. The molecule has 0 spiro atoms. The SMILES string of the molecule is CC.Cc1ccc(N)s1. The summed E-state index contributed by atoms with van der Waals surface area (Å²) in [5.41, 5.74) is 5.40. The molecule has 0 saturated carbocycles. The molecule has 2 N–H and O–H groups in total. The summed E-state index contributed by atoms with van der Waals surface area (Å²) < 4.78 is 0. The lowest BCUT2D eigenvalue weighted by Crippen LogP contribution is -1.72. The van der Waals surface area contributed by atoms with Crippen molar-refractivity contribution in [2.24, 2.45) is 0 Å². The van der Waals surface area contributed by atoms with Gasteiger partial charge in [0.25, 0.3) is 0 Å². The molecule has 0 aliphatic heterocycles. The van der Waals surface area contributed by atoms with Gasteiger partial charge >= 0.3 is 0 Å². The van der Waals surface area contributed by atoms with Crippen molar-refractivity contribution in [2.45, 2.75) is 20.8 Å². The zero-order chi connectivity index (χ0) is 7.28. The monoisotopic (exact) mass is 143 g/mol. The number of hydrogen-bond donors (Lipinski definition) is 1. The molecule has 1 heterocycles. The fraction of sp³-hybridized carbons (Fsp3) is 0.429. The van der Waals surface area contributed by atoms with E-state index in [0.29, 0.717) is 0 Å². The summed E-state index contributed by atoms with van der Waals surface area (Å²) in [4.78, 5) is 1.28. The molecule has 0 aliphatic rings. The van der Waals surface area contributed by atoms with Gasteiger partial charge in [-0.15, -0.1) is 11.3 Å². The highest BCUT2D eigenvalue weighted by atomic mass is 32.1. The molecule has 0 radical (unpaired) electrons. The Hall–Kier alpha value is -0.500. The fourth-order valence-corrected chi connectivity index (χ4v) is 1.10. The Morgan fingerprint density at radius 3 is 2.00 bits per heavy atom. The number of hydrogen-bond acceptors (Lipinski definition) is 2. The molecule has 0 fully saturated rings. The third kappa shape index (κ3) is 3.14. The van der Waals surface area contributed by atoms with E-state index in [1.807, 2.05) is 32.9 Å². The van der Waals surface area contributed by atoms with Crippen molar-refractivity contribution in [3.63, 3.8) is 0 Å². The molecule has 0 aliphatic carbocycles. The van der Waals surface area contributed by atoms with Crippen molar-refractivity contribution in [2.75, 3.05) is 5.73 Å². The first kappa shape index (κ1) is 8.50. The van der Waals surface area contributed by atoms with Crippen LogP contribution in [0.1, 0.15) is 18.7 Å². The van der Waals surface area contributed by atoms with E-state index in [2.05, 4.69) is 0 Å². The van der Waals surface area contributed by atoms with Crippen LogP contribution < -0.4 is 5.73 Å². The minimum Gasteiger partial charge on any atom is -0.391 e. The Morgan fingerprint density at radius 2 is 1.89 bits per heavy atom. The average molecular weight is 143 g/mol. The highest BCUT2D eigenvalue weighted by molar-refractivity contribution is 7.15. The van der Waals surface area contributed by atoms with Crippen LogP contribution in [0.2, 0.25) is 0 Å². The lowest BCUT2D eigenvalue weighted by atomic mass is 10.5. The van der Waals surface area contributed by atoms with Gasteiger partial charge in [-0.1, -0.05) is 13.8 Å². The molecule has 0 saturated heterocycles. The number of anilines is 1. The Morgan fingerprint density at radius 1 is 1.33 bits per heavy atom. The predicted molar refractivity (Wildman–Crippen MR) is 44.8 cm³/mol. The van der Waals surface area contributed by atoms with Gasteiger partial charge < -0.3 is 5.73 Å². The molecular weight excluding hydrogens is 130 g/mol. The van der Waals surface area contributed by atoms with Crippen molar-refractivity contribution in [3.05, 3.63) is 17.0 Å². The maximum Gasteiger partial charge on any atom is 0.0859 e. The summed E-state index contributed by atoms with van der Waals surface area (Å²) in [6.07, 6.45) is 0. The predicted octanol–water partition coefficient (Wildman–Crippen LogP) is 2.66. The molecule has 0 unspecified atom stereocenters. The fourth-order valence-electron chi connectivity index (χ4n) is 0.453. The van der Waals surface area contributed by atoms with E-state index in [-0.39, 0.29) is 0 Å². The number of nitrogens with two attached hydrogens (primary N) is 1. The summed E-state index contributed by atoms with van der Waals surface area (Å²) >= 11 is 1.62. The van der Waals surface area contributed by atoms with Crippen LogP contribution in [0.4, 0.5) is 5.00 Å². The molecule has 0 atom stereocenters. The van der Waals surface area contributed by atoms with Crippen molar-refractivity contribution < 1.29 is 0 Å². The van der Waals surface area contributed by atoms with Gasteiger partial charge in [0.2, 0.25) is 0 Å². The Kier molecular flexibility index (Phi) is 4.14. The quantitative estimate of drug-likeness (QED) is 0.593. The van der Waals surface area contributed by atoms with Crippen molar-refractivity contribution in [1.82, 2.24) is 0 Å². The second-order valence-electron chi connectivity index (χ2n) is 1.45. The van der Waals surface area contributed by atoms with E-state index in [9.17, 15) is 0 Å². The van der Waals surface area contributed by atoms with Gasteiger partial charge in [0.15, 0.2) is 0 Å². The molecule has 9 heavy (non-hydrogen) atoms. The van der Waals surface area contributed by atoms with Crippen molar-refractivity contribution in [3.8, 4) is 0 Å². The second-order valence-corrected chi connectivity index (χ2v) is 2.77. The van der Waals surface area contributed by atoms with E-state index in [0.717, 1.165) is 5.00 Å². The normalized spacial score (nSPS) is 7.89. The molecule has 52 valence electrons. The minimum atomic E-state index is 0.900. The summed E-state index contributed by atoms with van der Waals surface area (Å²) in [7, 11) is 0. The molecular formula is C7H13NS. The zero-order valence-corrected chi connectivity index (χ0v) is 6.96. The number of nitrogen functional groups attached to an aromatic ring is 1. The number of rotatable bonds is 0. The van der Waals surface area contributed by atoms with Crippen LogP contribution in [-0.2, 0) is 0 Å². The Labute approximate surface area is 60.5 Å². The van der Waals surface area contributed by atoms with E-state index < -0.39 is 0 Å². The number of thiophene rings is 1. The summed E-state index contributed by atoms with van der Waals surface area (Å²) in [6, 6.07) is 3.93. The lowest BCUT2D eigenvalue weighted by Gasteiger charge is -1.73. The molecule has 1 aromatic heterocycles. The summed E-state index contributed by atoms with van der Waals surface area (Å²) in [5.74, 6) is 0. The average Bonchev–Trinajstić information content (AvgIpc) is 2.20. The smallest absolute Gasteiger partial charge is 0.0859 e. The molecule has 1 aromatic rings. The van der Waals surface area contributed by atoms with Crippen molar-refractivity contribution >= 4 is 16.3 Å². The molecule has 1 rings (SSSR count). The van der Waals surface area contributed by atoms with E-state index in [1.54, 1.807) is 11.3 Å². The second kappa shape index (κ2) is 4.39. The first-order valence-electron chi connectivity index (χ1n) is 3.11. The van der Waals surface area contributed by atoms with Crippen LogP contribution in [0, 0.1) is 6.92 Å². The molecule has 1 nitrogen and oxygen atoms in total. The molecule has 0 amide bonds. The highest BCUT2D eigenvalue weighted by Crippen LogP contribution is 2.15. The van der Waals surface area contributed by atoms with Gasteiger partial charge in [-0.25, -0.2) is 0 Å². The topological polar surface area (TPSA) is 26.0 Å². The third-order valence-corrected chi connectivity index (χ3v) is 1.59. The van der Waals surface area contributed by atoms with E-state index in [1.165, 1.54) is 4.88 Å². The maximum absolute atomic E-state index is 5.40. The Balaban J connectivity index is 0.000000291.